The Labute approximate surface area is 169 Å². The number of hydrogen-bond donors (Lipinski definition) is 5. The topological polar surface area (TPSA) is 179 Å². The maximum atomic E-state index is 13.1. The number of nitrogens with zero attached hydrogens (tertiary/aromatic N) is 2. The molecule has 0 bridgehead atoms. The normalized spacial score (nSPS) is 26.0. The molecule has 2 fully saturated rings. The average Bonchev–Trinajstić information content (AvgIpc) is 3.32. The second kappa shape index (κ2) is 9.51. The second-order valence-electron chi connectivity index (χ2n) is 7.77. The molecule has 0 aromatic heterocycles. The molecule has 0 radical (unpaired) electrons. The summed E-state index contributed by atoms with van der Waals surface area (Å²) in [5.74, 6) is -2.31. The smallest absolute Gasteiger partial charge is 0.246 e. The number of amides is 4. The zero-order valence-electron chi connectivity index (χ0n) is 16.8. The number of aliphatic hydroxyl groups excluding tert-OH is 2. The molecule has 11 heteroatoms. The molecule has 29 heavy (non-hydrogen) atoms. The van der Waals surface area contributed by atoms with Crippen LogP contribution in [0.1, 0.15) is 39.5 Å². The van der Waals surface area contributed by atoms with Gasteiger partial charge in [0.15, 0.2) is 0 Å². The zero-order valence-corrected chi connectivity index (χ0v) is 16.8. The molecule has 2 saturated heterocycles. The van der Waals surface area contributed by atoms with Crippen molar-refractivity contribution in [1.29, 1.82) is 0 Å². The summed E-state index contributed by atoms with van der Waals surface area (Å²) >= 11 is 0. The molecule has 2 aliphatic rings. The SMILES string of the molecule is C[C@@H](O)[C@H](N)C(=O)N1CCC[C@@H]1C(=O)N1CCCC1C(=O)N[C@H](C(N)=O)[C@@H](C)O. The van der Waals surface area contributed by atoms with E-state index in [1.807, 2.05) is 0 Å². The van der Waals surface area contributed by atoms with Gasteiger partial charge in [0, 0.05) is 13.1 Å². The molecule has 11 nitrogen and oxygen atoms in total. The van der Waals surface area contributed by atoms with Crippen LogP contribution in [0.15, 0.2) is 0 Å². The minimum absolute atomic E-state index is 0.341. The molecule has 0 aromatic carbocycles. The van der Waals surface area contributed by atoms with E-state index in [1.165, 1.54) is 23.6 Å². The van der Waals surface area contributed by atoms with Crippen molar-refractivity contribution in [1.82, 2.24) is 15.1 Å². The third kappa shape index (κ3) is 5.03. The first-order valence-corrected chi connectivity index (χ1v) is 9.88. The summed E-state index contributed by atoms with van der Waals surface area (Å²) in [6, 6.07) is -3.94. The van der Waals surface area contributed by atoms with Gasteiger partial charge in [-0.15, -0.1) is 0 Å². The number of likely N-dealkylation sites (tertiary alicyclic amines) is 2. The zero-order chi connectivity index (χ0) is 21.9. The first kappa shape index (κ1) is 23.0. The Morgan fingerprint density at radius 3 is 2.03 bits per heavy atom. The van der Waals surface area contributed by atoms with Crippen molar-refractivity contribution in [2.45, 2.75) is 75.9 Å². The fourth-order valence-electron chi connectivity index (χ4n) is 3.86. The molecular formula is C18H31N5O6. The molecule has 7 N–H and O–H groups in total. The fourth-order valence-corrected chi connectivity index (χ4v) is 3.86. The van der Waals surface area contributed by atoms with Crippen molar-refractivity contribution in [3.05, 3.63) is 0 Å². The van der Waals surface area contributed by atoms with Gasteiger partial charge in [-0.2, -0.15) is 0 Å². The van der Waals surface area contributed by atoms with Crippen molar-refractivity contribution in [3.8, 4) is 0 Å². The molecule has 0 aliphatic carbocycles. The minimum Gasteiger partial charge on any atom is -0.391 e. The first-order chi connectivity index (χ1) is 13.6. The predicted molar refractivity (Wildman–Crippen MR) is 102 cm³/mol. The number of carbonyl (C=O) groups is 4. The Morgan fingerprint density at radius 1 is 0.966 bits per heavy atom. The number of primary amides is 1. The highest BCUT2D eigenvalue weighted by atomic mass is 16.3. The summed E-state index contributed by atoms with van der Waals surface area (Å²) in [5.41, 5.74) is 11.0. The Kier molecular flexibility index (Phi) is 7.55. The van der Waals surface area contributed by atoms with E-state index >= 15 is 0 Å². The van der Waals surface area contributed by atoms with Gasteiger partial charge in [0.05, 0.1) is 12.2 Å². The lowest BCUT2D eigenvalue weighted by Gasteiger charge is -2.33. The lowest BCUT2D eigenvalue weighted by atomic mass is 10.1. The minimum atomic E-state index is -1.26. The van der Waals surface area contributed by atoms with Gasteiger partial charge in [-0.05, 0) is 39.5 Å². The highest BCUT2D eigenvalue weighted by molar-refractivity contribution is 5.95. The van der Waals surface area contributed by atoms with Crippen LogP contribution < -0.4 is 16.8 Å². The number of rotatable bonds is 7. The van der Waals surface area contributed by atoms with E-state index < -0.39 is 54.1 Å². The van der Waals surface area contributed by atoms with Crippen molar-refractivity contribution in [3.63, 3.8) is 0 Å². The summed E-state index contributed by atoms with van der Waals surface area (Å²) in [6.07, 6.45) is -0.170. The first-order valence-electron chi connectivity index (χ1n) is 9.88. The van der Waals surface area contributed by atoms with Gasteiger partial charge in [0.2, 0.25) is 23.6 Å². The van der Waals surface area contributed by atoms with Crippen molar-refractivity contribution in [2.75, 3.05) is 13.1 Å². The van der Waals surface area contributed by atoms with Crippen molar-refractivity contribution < 1.29 is 29.4 Å². The van der Waals surface area contributed by atoms with E-state index in [-0.39, 0.29) is 5.91 Å². The molecule has 1 unspecified atom stereocenters. The second-order valence-corrected chi connectivity index (χ2v) is 7.77. The average molecular weight is 413 g/mol. The molecule has 4 amide bonds. The highest BCUT2D eigenvalue weighted by Gasteiger charge is 2.43. The number of carbonyl (C=O) groups excluding carboxylic acids is 4. The maximum Gasteiger partial charge on any atom is 0.246 e. The number of aliphatic hydroxyl groups is 2. The van der Waals surface area contributed by atoms with Crippen LogP contribution in [-0.4, -0.2) is 93.1 Å². The Bertz CT molecular complexity index is 655. The third-order valence-corrected chi connectivity index (χ3v) is 5.55. The highest BCUT2D eigenvalue weighted by Crippen LogP contribution is 2.25. The molecule has 2 heterocycles. The summed E-state index contributed by atoms with van der Waals surface area (Å²) in [7, 11) is 0. The van der Waals surface area contributed by atoms with Gasteiger partial charge < -0.3 is 36.8 Å². The van der Waals surface area contributed by atoms with Crippen molar-refractivity contribution in [2.24, 2.45) is 11.5 Å². The van der Waals surface area contributed by atoms with Crippen molar-refractivity contribution >= 4 is 23.6 Å². The van der Waals surface area contributed by atoms with Crippen LogP contribution in [0.25, 0.3) is 0 Å². The van der Waals surface area contributed by atoms with E-state index in [0.717, 1.165) is 0 Å². The van der Waals surface area contributed by atoms with Crippen LogP contribution in [0.5, 0.6) is 0 Å². The van der Waals surface area contributed by atoms with Crippen LogP contribution in [0, 0.1) is 0 Å². The molecule has 164 valence electrons. The number of nitrogens with one attached hydrogen (secondary N) is 1. The Morgan fingerprint density at radius 2 is 1.52 bits per heavy atom. The standard InChI is InChI=1S/C18H31N5O6/c1-9(24)13(19)18(29)23-8-4-6-12(23)17(28)22-7-3-5-11(22)16(27)21-14(10(2)25)15(20)26/h9-14,24-25H,3-8,19H2,1-2H3,(H2,20,26)(H,21,27)/t9-,10-,11?,12-,13+,14+/m1/s1. The predicted octanol–water partition coefficient (Wildman–Crippen LogP) is -2.97. The van der Waals surface area contributed by atoms with Crippen LogP contribution in [0.2, 0.25) is 0 Å². The molecule has 0 spiro atoms. The molecule has 2 rings (SSSR count). The maximum absolute atomic E-state index is 13.1. The van der Waals surface area contributed by atoms with Crippen LogP contribution >= 0.6 is 0 Å². The molecular weight excluding hydrogens is 382 g/mol. The van der Waals surface area contributed by atoms with Crippen LogP contribution in [0.4, 0.5) is 0 Å². The monoisotopic (exact) mass is 413 g/mol. The summed E-state index contributed by atoms with van der Waals surface area (Å²) in [6.45, 7) is 3.44. The van der Waals surface area contributed by atoms with Gasteiger partial charge in [-0.3, -0.25) is 19.2 Å². The molecule has 2 aliphatic heterocycles. The summed E-state index contributed by atoms with van der Waals surface area (Å²) < 4.78 is 0. The van der Waals surface area contributed by atoms with Gasteiger partial charge >= 0.3 is 0 Å². The number of nitrogens with two attached hydrogens (primary N) is 2. The summed E-state index contributed by atoms with van der Waals surface area (Å²) in [5, 5.41) is 21.6. The molecule has 6 atom stereocenters. The Balaban J connectivity index is 2.11. The van der Waals surface area contributed by atoms with E-state index in [1.54, 1.807) is 0 Å². The van der Waals surface area contributed by atoms with E-state index in [2.05, 4.69) is 5.32 Å². The molecule has 0 saturated carbocycles. The van der Waals surface area contributed by atoms with Gasteiger partial charge in [-0.25, -0.2) is 0 Å². The lowest BCUT2D eigenvalue weighted by molar-refractivity contribution is -0.148. The van der Waals surface area contributed by atoms with E-state index in [9.17, 15) is 29.4 Å². The lowest BCUT2D eigenvalue weighted by Crippen LogP contribution is -2.58. The van der Waals surface area contributed by atoms with Gasteiger partial charge in [0.1, 0.15) is 24.2 Å². The summed E-state index contributed by atoms with van der Waals surface area (Å²) in [4.78, 5) is 52.5. The fraction of sp³-hybridized carbons (Fsp3) is 0.778. The third-order valence-electron chi connectivity index (χ3n) is 5.55. The number of hydrogen-bond acceptors (Lipinski definition) is 7. The van der Waals surface area contributed by atoms with Gasteiger partial charge in [-0.1, -0.05) is 0 Å². The van der Waals surface area contributed by atoms with Gasteiger partial charge in [0.25, 0.3) is 0 Å². The van der Waals surface area contributed by atoms with E-state index in [4.69, 9.17) is 11.5 Å². The Hall–Kier alpha value is -2.24. The van der Waals surface area contributed by atoms with Crippen LogP contribution in [-0.2, 0) is 19.2 Å². The molecule has 0 aromatic rings. The van der Waals surface area contributed by atoms with E-state index in [0.29, 0.717) is 38.8 Å². The largest absolute Gasteiger partial charge is 0.391 e. The quantitative estimate of drug-likeness (QED) is 0.295. The van der Waals surface area contributed by atoms with Crippen LogP contribution in [0.3, 0.4) is 0 Å².